The van der Waals surface area contributed by atoms with Crippen LogP contribution < -0.4 is 0 Å². The zero-order valence-electron chi connectivity index (χ0n) is 45.1. The minimum Gasteiger partial charge on any atom is -0.256 e. The molecule has 0 unspecified atom stereocenters. The quantitative estimate of drug-likeness (QED) is 0.109. The Bertz CT molecular complexity index is 2990. The zero-order valence-corrected chi connectivity index (χ0v) is 38.1. The summed E-state index contributed by atoms with van der Waals surface area (Å²) in [6.07, 6.45) is 7.54. The maximum Gasteiger partial charge on any atom is 0.0708 e. The zero-order chi connectivity index (χ0) is 50.9. The Morgan fingerprint density at radius 2 is 0.969 bits per heavy atom. The molecule has 3 nitrogen and oxygen atoms in total. The molecule has 0 amide bonds. The lowest BCUT2D eigenvalue weighted by Crippen LogP contribution is -2.23. The molecule has 326 valence electrons. The van der Waals surface area contributed by atoms with Gasteiger partial charge in [-0.1, -0.05) is 186 Å². The van der Waals surface area contributed by atoms with E-state index in [2.05, 4.69) is 63.0 Å². The van der Waals surface area contributed by atoms with Crippen LogP contribution in [0.2, 0.25) is 0 Å². The molecule has 0 saturated heterocycles. The van der Waals surface area contributed by atoms with Crippen molar-refractivity contribution < 1.29 is 9.60 Å². The fourth-order valence-corrected chi connectivity index (χ4v) is 9.50. The summed E-state index contributed by atoms with van der Waals surface area (Å²) in [6, 6.07) is 51.1. The second-order valence-corrected chi connectivity index (χ2v) is 19.2. The van der Waals surface area contributed by atoms with Crippen LogP contribution in [0.25, 0.3) is 44.9 Å². The molecule has 0 spiro atoms. The molecule has 9 rings (SSSR count). The highest BCUT2D eigenvalue weighted by Crippen LogP contribution is 2.36. The monoisotopic (exact) mass is 857 g/mol. The molecule has 3 heteroatoms. The average molecular weight is 857 g/mol. The highest BCUT2D eigenvalue weighted by Gasteiger charge is 2.25. The van der Waals surface area contributed by atoms with Crippen LogP contribution in [0.5, 0.6) is 0 Å². The number of aromatic nitrogens is 3. The van der Waals surface area contributed by atoms with E-state index < -0.39 is 30.4 Å². The van der Waals surface area contributed by atoms with Gasteiger partial charge < -0.3 is 0 Å². The Labute approximate surface area is 398 Å². The van der Waals surface area contributed by atoms with Gasteiger partial charge in [0.05, 0.1) is 17.1 Å². The molecule has 1 aliphatic carbocycles. The maximum atomic E-state index is 9.71. The van der Waals surface area contributed by atoms with Crippen LogP contribution in [-0.4, -0.2) is 15.0 Å². The standard InChI is InChI=1S/C62H63N3/c1-44-41-63-60(38-57(44)51-29-27-50(28-30-51)49-15-9-6-10-16-49)54-25-23-45(24-26-54)21-22-46-35-47(39-61(2,3)55-31-33-58(64-42-55)52-17-11-7-12-18-52)37-48(36-46)40-62(4,5)56-32-34-59(65-43-56)53-19-13-8-14-20-53/h7-8,11-14,17-20,23-38,41-43,49H,6,9-10,15-16,21-22,39-40H2,1-5H3/i1D3,21D2,22D2. The molecule has 0 atom stereocenters. The molecule has 3 aromatic heterocycles. The average Bonchev–Trinajstić information content (AvgIpc) is 3.39. The van der Waals surface area contributed by atoms with E-state index in [1.54, 1.807) is 30.3 Å². The topological polar surface area (TPSA) is 38.7 Å². The Morgan fingerprint density at radius 3 is 1.49 bits per heavy atom. The molecule has 1 aliphatic rings. The summed E-state index contributed by atoms with van der Waals surface area (Å²) < 4.78 is 63.6. The first kappa shape index (κ1) is 35.8. The van der Waals surface area contributed by atoms with E-state index in [1.165, 1.54) is 43.9 Å². The van der Waals surface area contributed by atoms with Crippen molar-refractivity contribution in [2.24, 2.45) is 0 Å². The molecule has 0 aliphatic heterocycles. The lowest BCUT2D eigenvalue weighted by atomic mass is 9.77. The van der Waals surface area contributed by atoms with Crippen LogP contribution in [0.4, 0.5) is 0 Å². The van der Waals surface area contributed by atoms with Crippen molar-refractivity contribution in [3.63, 3.8) is 0 Å². The molecule has 5 aromatic carbocycles. The first-order chi connectivity index (χ1) is 34.3. The number of hydrogen-bond donors (Lipinski definition) is 0. The van der Waals surface area contributed by atoms with Crippen molar-refractivity contribution in [1.29, 1.82) is 0 Å². The molecule has 3 heterocycles. The number of hydrogen-bond acceptors (Lipinski definition) is 3. The lowest BCUT2D eigenvalue weighted by Gasteiger charge is -2.28. The van der Waals surface area contributed by atoms with Gasteiger partial charge in [-0.25, -0.2) is 0 Å². The van der Waals surface area contributed by atoms with Gasteiger partial charge in [0.1, 0.15) is 0 Å². The fourth-order valence-electron chi connectivity index (χ4n) is 9.50. The summed E-state index contributed by atoms with van der Waals surface area (Å²) in [5.41, 5.74) is 11.4. The SMILES string of the molecule is [2H]C([2H])([2H])c1cnc(-c2ccc(C([2H])([2H])C([2H])([2H])c3cc(CC(C)(C)c4ccc(-c5ccccc5)nc4)cc(CC(C)(C)c4ccc(-c5ccccc5)nc4)c3)cc2)cc1-c1ccc(C2CCCCC2)cc1. The van der Waals surface area contributed by atoms with Crippen LogP contribution in [0, 0.1) is 6.85 Å². The van der Waals surface area contributed by atoms with Crippen molar-refractivity contribution in [3.05, 3.63) is 221 Å². The van der Waals surface area contributed by atoms with Gasteiger partial charge in [0.2, 0.25) is 0 Å². The molecule has 0 radical (unpaired) electrons. The van der Waals surface area contributed by atoms with Crippen LogP contribution in [0.3, 0.4) is 0 Å². The Kier molecular flexibility index (Phi) is 10.7. The predicted octanol–water partition coefficient (Wildman–Crippen LogP) is 15.7. The highest BCUT2D eigenvalue weighted by molar-refractivity contribution is 5.73. The van der Waals surface area contributed by atoms with Gasteiger partial charge in [-0.3, -0.25) is 15.0 Å². The minimum absolute atomic E-state index is 0.168. The Hall–Kier alpha value is -6.45. The Balaban J connectivity index is 1.03. The lowest BCUT2D eigenvalue weighted by molar-refractivity contribution is 0.443. The molecular formula is C62H63N3. The minimum atomic E-state index is -2.47. The van der Waals surface area contributed by atoms with Gasteiger partial charge in [0.25, 0.3) is 0 Å². The number of pyridine rings is 3. The number of benzene rings is 5. The van der Waals surface area contributed by atoms with Crippen molar-refractivity contribution in [2.45, 2.75) is 109 Å². The van der Waals surface area contributed by atoms with Crippen LogP contribution >= 0.6 is 0 Å². The Morgan fingerprint density at radius 1 is 0.477 bits per heavy atom. The molecule has 1 saturated carbocycles. The van der Waals surface area contributed by atoms with Gasteiger partial charge in [-0.2, -0.15) is 0 Å². The van der Waals surface area contributed by atoms with Gasteiger partial charge in [-0.05, 0) is 136 Å². The smallest absolute Gasteiger partial charge is 0.0708 e. The van der Waals surface area contributed by atoms with E-state index >= 15 is 0 Å². The summed E-state index contributed by atoms with van der Waals surface area (Å²) >= 11 is 0. The number of aryl methyl sites for hydroxylation is 3. The molecule has 0 bridgehead atoms. The van der Waals surface area contributed by atoms with Crippen LogP contribution in [0.15, 0.2) is 176 Å². The maximum absolute atomic E-state index is 9.71. The second kappa shape index (κ2) is 19.3. The van der Waals surface area contributed by atoms with E-state index in [0.717, 1.165) is 50.3 Å². The summed E-state index contributed by atoms with van der Waals surface area (Å²) in [5.74, 6) is 0.526. The third kappa shape index (κ3) is 10.6. The van der Waals surface area contributed by atoms with E-state index in [1.807, 2.05) is 109 Å². The predicted molar refractivity (Wildman–Crippen MR) is 272 cm³/mol. The van der Waals surface area contributed by atoms with Crippen molar-refractivity contribution in [1.82, 2.24) is 15.0 Å². The first-order valence-electron chi connectivity index (χ1n) is 26.7. The van der Waals surface area contributed by atoms with Crippen LogP contribution in [0.1, 0.15) is 120 Å². The normalized spacial score (nSPS) is 15.7. The van der Waals surface area contributed by atoms with Gasteiger partial charge >= 0.3 is 0 Å². The van der Waals surface area contributed by atoms with Crippen LogP contribution in [-0.2, 0) is 36.4 Å². The van der Waals surface area contributed by atoms with Gasteiger partial charge in [0, 0.05) is 44.9 Å². The van der Waals surface area contributed by atoms with E-state index in [-0.39, 0.29) is 16.7 Å². The van der Waals surface area contributed by atoms with Gasteiger partial charge in [-0.15, -0.1) is 0 Å². The largest absolute Gasteiger partial charge is 0.256 e. The van der Waals surface area contributed by atoms with Crippen molar-refractivity contribution in [2.75, 3.05) is 0 Å². The number of nitrogens with zero attached hydrogens (tertiary/aromatic N) is 3. The second-order valence-electron chi connectivity index (χ2n) is 19.2. The summed E-state index contributed by atoms with van der Waals surface area (Å²) in [6.45, 7) is 6.29. The van der Waals surface area contributed by atoms with Crippen molar-refractivity contribution in [3.8, 4) is 44.9 Å². The third-order valence-corrected chi connectivity index (χ3v) is 13.3. The fraction of sp³-hybridized carbons (Fsp3) is 0.274. The van der Waals surface area contributed by atoms with E-state index in [4.69, 9.17) is 14.1 Å². The third-order valence-electron chi connectivity index (χ3n) is 13.3. The summed E-state index contributed by atoms with van der Waals surface area (Å²) in [7, 11) is 0. The first-order valence-corrected chi connectivity index (χ1v) is 23.2. The summed E-state index contributed by atoms with van der Waals surface area (Å²) in [4.78, 5) is 14.3. The molecule has 1 fully saturated rings. The molecular weight excluding hydrogens is 787 g/mol. The summed E-state index contributed by atoms with van der Waals surface area (Å²) in [5, 5.41) is 0. The molecule has 0 N–H and O–H groups in total. The number of rotatable bonds is 14. The molecule has 8 aromatic rings. The van der Waals surface area contributed by atoms with Gasteiger partial charge in [0.15, 0.2) is 0 Å². The highest BCUT2D eigenvalue weighted by atomic mass is 14.7. The van der Waals surface area contributed by atoms with Crippen molar-refractivity contribution >= 4 is 0 Å². The van der Waals surface area contributed by atoms with E-state index in [0.29, 0.717) is 35.6 Å². The molecule has 65 heavy (non-hydrogen) atoms. The van der Waals surface area contributed by atoms with E-state index in [9.17, 15) is 5.48 Å².